The SMILES string of the molecule is COc1ccc(N2C(=O)[C@@H]3[C@@H](C2=O)C2(O[C@H]3c3ccccc3)C(=O)c3ccccc3C2=O)cc1. The van der Waals surface area contributed by atoms with Gasteiger partial charge in [-0.05, 0) is 29.8 Å². The number of carbonyl (C=O) groups excluding carboxylic acids is 4. The largest absolute Gasteiger partial charge is 0.497 e. The van der Waals surface area contributed by atoms with Crippen LogP contribution in [0.3, 0.4) is 0 Å². The van der Waals surface area contributed by atoms with Gasteiger partial charge >= 0.3 is 0 Å². The van der Waals surface area contributed by atoms with Crippen LogP contribution in [0.25, 0.3) is 0 Å². The van der Waals surface area contributed by atoms with E-state index in [-0.39, 0.29) is 11.1 Å². The van der Waals surface area contributed by atoms with Crippen molar-refractivity contribution in [1.82, 2.24) is 0 Å². The number of ketones is 2. The molecule has 2 aliphatic heterocycles. The summed E-state index contributed by atoms with van der Waals surface area (Å²) in [5.41, 5.74) is -0.666. The highest BCUT2D eigenvalue weighted by Gasteiger charge is 2.74. The summed E-state index contributed by atoms with van der Waals surface area (Å²) < 4.78 is 11.4. The molecule has 2 heterocycles. The molecule has 0 unspecified atom stereocenters. The summed E-state index contributed by atoms with van der Waals surface area (Å²) in [6.45, 7) is 0. The average molecular weight is 453 g/mol. The Labute approximate surface area is 194 Å². The maximum absolute atomic E-state index is 13.8. The van der Waals surface area contributed by atoms with Gasteiger partial charge in [-0.2, -0.15) is 0 Å². The van der Waals surface area contributed by atoms with E-state index in [1.165, 1.54) is 7.11 Å². The lowest BCUT2D eigenvalue weighted by Crippen LogP contribution is -2.51. The van der Waals surface area contributed by atoms with Gasteiger partial charge in [0, 0.05) is 11.1 Å². The van der Waals surface area contributed by atoms with Gasteiger partial charge < -0.3 is 9.47 Å². The van der Waals surface area contributed by atoms with Crippen LogP contribution in [-0.4, -0.2) is 36.1 Å². The molecule has 3 aromatic rings. The number of methoxy groups -OCH3 is 1. The third-order valence-electron chi connectivity index (χ3n) is 6.98. The Morgan fingerprint density at radius 2 is 1.35 bits per heavy atom. The van der Waals surface area contributed by atoms with Crippen molar-refractivity contribution < 1.29 is 28.7 Å². The maximum atomic E-state index is 13.8. The quantitative estimate of drug-likeness (QED) is 0.446. The molecule has 3 aromatic carbocycles. The fraction of sp³-hybridized carbons (Fsp3) is 0.185. The summed E-state index contributed by atoms with van der Waals surface area (Å²) >= 11 is 0. The van der Waals surface area contributed by atoms with Gasteiger partial charge in [-0.25, -0.2) is 4.90 Å². The van der Waals surface area contributed by atoms with Crippen LogP contribution in [-0.2, 0) is 14.3 Å². The standard InChI is InChI=1S/C27H19NO6/c1-33-17-13-11-16(12-14-17)28-25(31)20-21(26(28)32)27(34-22(20)15-7-3-2-4-8-15)23(29)18-9-5-6-10-19(18)24(27)30/h2-14,20-22H,1H3/t20-,21+,22+/m1/s1. The van der Waals surface area contributed by atoms with Crippen molar-refractivity contribution in [2.24, 2.45) is 11.8 Å². The molecule has 0 aromatic heterocycles. The summed E-state index contributed by atoms with van der Waals surface area (Å²) in [5, 5.41) is 0. The number of hydrogen-bond acceptors (Lipinski definition) is 6. The number of amides is 2. The van der Waals surface area contributed by atoms with Crippen LogP contribution in [0, 0.1) is 11.8 Å². The predicted molar refractivity (Wildman–Crippen MR) is 121 cm³/mol. The highest BCUT2D eigenvalue weighted by Crippen LogP contribution is 2.57. The van der Waals surface area contributed by atoms with Crippen LogP contribution >= 0.6 is 0 Å². The van der Waals surface area contributed by atoms with E-state index in [0.29, 0.717) is 17.0 Å². The third kappa shape index (κ3) is 2.50. The number of imide groups is 1. The lowest BCUT2D eigenvalue weighted by molar-refractivity contribution is -0.127. The Morgan fingerprint density at radius 1 is 0.765 bits per heavy atom. The van der Waals surface area contributed by atoms with E-state index in [1.54, 1.807) is 72.8 Å². The van der Waals surface area contributed by atoms with Crippen LogP contribution in [0.15, 0.2) is 78.9 Å². The summed E-state index contributed by atoms with van der Waals surface area (Å²) in [6, 6.07) is 21.9. The Hall–Kier alpha value is -4.10. The van der Waals surface area contributed by atoms with Gasteiger partial charge in [0.15, 0.2) is 0 Å². The molecule has 1 aliphatic carbocycles. The van der Waals surface area contributed by atoms with Crippen molar-refractivity contribution in [1.29, 1.82) is 0 Å². The Balaban J connectivity index is 1.52. The second-order valence-electron chi connectivity index (χ2n) is 8.60. The molecule has 168 valence electrons. The van der Waals surface area contributed by atoms with Gasteiger partial charge in [0.05, 0.1) is 30.7 Å². The first kappa shape index (κ1) is 20.5. The summed E-state index contributed by atoms with van der Waals surface area (Å²) in [5.74, 6) is -3.96. The Kier molecular flexibility index (Phi) is 4.34. The molecule has 2 saturated heterocycles. The van der Waals surface area contributed by atoms with Crippen molar-refractivity contribution >= 4 is 29.1 Å². The van der Waals surface area contributed by atoms with Gasteiger partial charge in [0.2, 0.25) is 29.0 Å². The molecule has 0 bridgehead atoms. The molecule has 0 radical (unpaired) electrons. The average Bonchev–Trinajstić information content (AvgIpc) is 3.45. The number of fused-ring (bicyclic) bond motifs is 3. The van der Waals surface area contributed by atoms with E-state index >= 15 is 0 Å². The summed E-state index contributed by atoms with van der Waals surface area (Å²) in [7, 11) is 1.52. The number of ether oxygens (including phenoxy) is 2. The van der Waals surface area contributed by atoms with Crippen molar-refractivity contribution in [2.75, 3.05) is 12.0 Å². The van der Waals surface area contributed by atoms with Crippen molar-refractivity contribution in [3.05, 3.63) is 95.6 Å². The van der Waals surface area contributed by atoms with Crippen LogP contribution in [0.5, 0.6) is 5.75 Å². The van der Waals surface area contributed by atoms with E-state index in [1.807, 2.05) is 6.07 Å². The number of hydrogen-bond donors (Lipinski definition) is 0. The van der Waals surface area contributed by atoms with Gasteiger partial charge in [-0.3, -0.25) is 19.2 Å². The second kappa shape index (κ2) is 7.20. The van der Waals surface area contributed by atoms with E-state index in [4.69, 9.17) is 9.47 Å². The van der Waals surface area contributed by atoms with Crippen LogP contribution < -0.4 is 9.64 Å². The lowest BCUT2D eigenvalue weighted by atomic mass is 9.77. The molecule has 0 N–H and O–H groups in total. The minimum atomic E-state index is -2.07. The number of benzene rings is 3. The highest BCUT2D eigenvalue weighted by atomic mass is 16.5. The number of rotatable bonds is 3. The second-order valence-corrected chi connectivity index (χ2v) is 8.60. The van der Waals surface area contributed by atoms with E-state index in [0.717, 1.165) is 4.90 Å². The lowest BCUT2D eigenvalue weighted by Gasteiger charge is -2.27. The van der Waals surface area contributed by atoms with Gasteiger partial charge in [0.25, 0.3) is 0 Å². The fourth-order valence-electron chi connectivity index (χ4n) is 5.45. The molecular weight excluding hydrogens is 434 g/mol. The van der Waals surface area contributed by atoms with Crippen molar-refractivity contribution in [3.8, 4) is 5.75 Å². The summed E-state index contributed by atoms with van der Waals surface area (Å²) in [4.78, 5) is 56.0. The van der Waals surface area contributed by atoms with Crippen molar-refractivity contribution in [3.63, 3.8) is 0 Å². The third-order valence-corrected chi connectivity index (χ3v) is 6.98. The molecule has 3 aliphatic rings. The number of carbonyl (C=O) groups is 4. The van der Waals surface area contributed by atoms with E-state index < -0.39 is 46.9 Å². The summed E-state index contributed by atoms with van der Waals surface area (Å²) in [6.07, 6.45) is -0.923. The Morgan fingerprint density at radius 3 is 1.94 bits per heavy atom. The number of anilines is 1. The molecular formula is C27H19NO6. The van der Waals surface area contributed by atoms with Gasteiger partial charge in [-0.1, -0.05) is 54.6 Å². The molecule has 6 rings (SSSR count). The molecule has 1 spiro atoms. The molecule has 7 nitrogen and oxygen atoms in total. The van der Waals surface area contributed by atoms with Crippen molar-refractivity contribution in [2.45, 2.75) is 11.7 Å². The first-order chi connectivity index (χ1) is 16.5. The molecule has 0 saturated carbocycles. The smallest absolute Gasteiger partial charge is 0.241 e. The van der Waals surface area contributed by atoms with E-state index in [2.05, 4.69) is 0 Å². The zero-order valence-corrected chi connectivity index (χ0v) is 18.1. The normalized spacial score (nSPS) is 24.6. The topological polar surface area (TPSA) is 90.0 Å². The molecule has 2 amide bonds. The first-order valence-electron chi connectivity index (χ1n) is 10.9. The predicted octanol–water partition coefficient (Wildman–Crippen LogP) is 3.39. The molecule has 3 atom stereocenters. The number of Topliss-reactive ketones (excluding diaryl/α,β-unsaturated/α-hetero) is 2. The fourth-order valence-corrected chi connectivity index (χ4v) is 5.45. The highest BCUT2D eigenvalue weighted by molar-refractivity contribution is 6.37. The maximum Gasteiger partial charge on any atom is 0.241 e. The van der Waals surface area contributed by atoms with Crippen LogP contribution in [0.2, 0.25) is 0 Å². The monoisotopic (exact) mass is 453 g/mol. The first-order valence-corrected chi connectivity index (χ1v) is 10.9. The van der Waals surface area contributed by atoms with E-state index in [9.17, 15) is 19.2 Å². The van der Waals surface area contributed by atoms with Gasteiger partial charge in [-0.15, -0.1) is 0 Å². The Bertz CT molecular complexity index is 1330. The van der Waals surface area contributed by atoms with Crippen LogP contribution in [0.1, 0.15) is 32.4 Å². The zero-order chi connectivity index (χ0) is 23.6. The van der Waals surface area contributed by atoms with Crippen LogP contribution in [0.4, 0.5) is 5.69 Å². The molecule has 34 heavy (non-hydrogen) atoms. The zero-order valence-electron chi connectivity index (χ0n) is 18.1. The minimum absolute atomic E-state index is 0.211. The molecule has 2 fully saturated rings. The number of nitrogens with zero attached hydrogens (tertiary/aromatic N) is 1. The molecule has 7 heteroatoms. The minimum Gasteiger partial charge on any atom is -0.497 e. The van der Waals surface area contributed by atoms with Gasteiger partial charge in [0.1, 0.15) is 5.75 Å².